The molecule has 1 saturated carbocycles. The molecule has 0 aromatic carbocycles. The molecule has 22 heavy (non-hydrogen) atoms. The number of amides is 1. The van der Waals surface area contributed by atoms with Gasteiger partial charge in [-0.15, -0.1) is 0 Å². The summed E-state index contributed by atoms with van der Waals surface area (Å²) >= 11 is 0. The Labute approximate surface area is 131 Å². The quantitative estimate of drug-likeness (QED) is 0.770. The van der Waals surface area contributed by atoms with E-state index in [9.17, 15) is 9.90 Å². The molecular formula is C16H26N4O2. The maximum absolute atomic E-state index is 12.4. The van der Waals surface area contributed by atoms with E-state index in [1.807, 2.05) is 10.7 Å². The third kappa shape index (κ3) is 3.17. The van der Waals surface area contributed by atoms with Crippen molar-refractivity contribution in [2.24, 2.45) is 5.92 Å². The van der Waals surface area contributed by atoms with Crippen LogP contribution in [0.25, 0.3) is 0 Å². The van der Waals surface area contributed by atoms with Gasteiger partial charge in [0.15, 0.2) is 0 Å². The van der Waals surface area contributed by atoms with Crippen LogP contribution in [0.15, 0.2) is 6.07 Å². The summed E-state index contributed by atoms with van der Waals surface area (Å²) in [6, 6.07) is 1.93. The molecule has 0 spiro atoms. The molecule has 1 aliphatic heterocycles. The minimum Gasteiger partial charge on any atom is -0.391 e. The Morgan fingerprint density at radius 2 is 2.18 bits per heavy atom. The number of carbonyl (C=O) groups excluding carboxylic acids is 1. The van der Waals surface area contributed by atoms with E-state index in [4.69, 9.17) is 0 Å². The maximum atomic E-state index is 12.4. The minimum atomic E-state index is -0.380. The molecule has 1 aromatic heterocycles. The molecular weight excluding hydrogens is 280 g/mol. The van der Waals surface area contributed by atoms with Crippen LogP contribution in [0, 0.1) is 5.92 Å². The number of aliphatic hydroxyl groups is 1. The number of hydrogen-bond acceptors (Lipinski definition) is 4. The van der Waals surface area contributed by atoms with E-state index >= 15 is 0 Å². The summed E-state index contributed by atoms with van der Waals surface area (Å²) in [5.74, 6) is 0.481. The summed E-state index contributed by atoms with van der Waals surface area (Å²) < 4.78 is 1.99. The van der Waals surface area contributed by atoms with Crippen molar-refractivity contribution in [1.82, 2.24) is 20.4 Å². The first kappa shape index (κ1) is 15.5. The molecule has 2 atom stereocenters. The third-order valence-electron chi connectivity index (χ3n) is 4.43. The molecule has 2 unspecified atom stereocenters. The summed E-state index contributed by atoms with van der Waals surface area (Å²) in [5.41, 5.74) is 1.53. The predicted molar refractivity (Wildman–Crippen MR) is 83.9 cm³/mol. The second-order valence-electron chi connectivity index (χ2n) is 7.51. The second kappa shape index (κ2) is 5.66. The molecule has 2 aliphatic rings. The van der Waals surface area contributed by atoms with E-state index < -0.39 is 0 Å². The smallest absolute Gasteiger partial charge is 0.271 e. The summed E-state index contributed by atoms with van der Waals surface area (Å²) in [6.07, 6.45) is 1.99. The number of hydrogen-bond donors (Lipinski definition) is 3. The zero-order chi connectivity index (χ0) is 15.9. The Balaban J connectivity index is 1.70. The highest BCUT2D eigenvalue weighted by Crippen LogP contribution is 2.41. The largest absolute Gasteiger partial charge is 0.391 e. The Hall–Kier alpha value is -1.40. The molecule has 2 fully saturated rings. The second-order valence-corrected chi connectivity index (χ2v) is 7.51. The number of aliphatic hydroxyl groups excluding tert-OH is 1. The van der Waals surface area contributed by atoms with Gasteiger partial charge in [0.25, 0.3) is 5.91 Å². The highest BCUT2D eigenvalue weighted by molar-refractivity contribution is 5.92. The van der Waals surface area contributed by atoms with Crippen LogP contribution in [-0.4, -0.2) is 46.5 Å². The highest BCUT2D eigenvalue weighted by atomic mass is 16.3. The van der Waals surface area contributed by atoms with Crippen molar-refractivity contribution in [3.8, 4) is 0 Å². The summed E-state index contributed by atoms with van der Waals surface area (Å²) in [7, 11) is 0. The van der Waals surface area contributed by atoms with Crippen LogP contribution in [-0.2, 0) is 5.54 Å². The number of aromatic nitrogens is 2. The van der Waals surface area contributed by atoms with Gasteiger partial charge in [-0.3, -0.25) is 9.48 Å². The first-order valence-electron chi connectivity index (χ1n) is 8.13. The fourth-order valence-corrected chi connectivity index (χ4v) is 2.96. The maximum Gasteiger partial charge on any atom is 0.271 e. The van der Waals surface area contributed by atoms with Crippen molar-refractivity contribution in [2.45, 2.75) is 51.2 Å². The fourth-order valence-electron chi connectivity index (χ4n) is 2.96. The van der Waals surface area contributed by atoms with Crippen LogP contribution in [0.4, 0.5) is 0 Å². The predicted octanol–water partition coefficient (Wildman–Crippen LogP) is 0.826. The fraction of sp³-hybridized carbons (Fsp3) is 0.750. The minimum absolute atomic E-state index is 0.0801. The van der Waals surface area contributed by atoms with Crippen molar-refractivity contribution in [3.63, 3.8) is 0 Å². The molecule has 122 valence electrons. The molecule has 3 rings (SSSR count). The Bertz CT molecular complexity index is 557. The van der Waals surface area contributed by atoms with Gasteiger partial charge >= 0.3 is 0 Å². The van der Waals surface area contributed by atoms with Gasteiger partial charge in [-0.2, -0.15) is 5.10 Å². The van der Waals surface area contributed by atoms with E-state index in [0.717, 1.165) is 6.54 Å². The van der Waals surface area contributed by atoms with Crippen LogP contribution < -0.4 is 10.6 Å². The zero-order valence-corrected chi connectivity index (χ0v) is 13.6. The van der Waals surface area contributed by atoms with Gasteiger partial charge in [0, 0.05) is 37.2 Å². The van der Waals surface area contributed by atoms with Crippen molar-refractivity contribution < 1.29 is 9.90 Å². The number of β-amino-alcohol motifs (C(OH)–C–C–N with tert-alkyl or cyclic N) is 1. The zero-order valence-electron chi connectivity index (χ0n) is 13.6. The normalized spacial score (nSPS) is 25.5. The Kier molecular flexibility index (Phi) is 3.99. The first-order chi connectivity index (χ1) is 10.4. The SMILES string of the molecule is CC(C)(C)n1nc(C(=O)NCC2CNCC2O)cc1C1CC1. The Morgan fingerprint density at radius 3 is 2.73 bits per heavy atom. The van der Waals surface area contributed by atoms with Crippen molar-refractivity contribution in [1.29, 1.82) is 0 Å². The van der Waals surface area contributed by atoms with Gasteiger partial charge < -0.3 is 15.7 Å². The van der Waals surface area contributed by atoms with Gasteiger partial charge in [-0.1, -0.05) is 0 Å². The van der Waals surface area contributed by atoms with E-state index in [0.29, 0.717) is 24.7 Å². The molecule has 1 aliphatic carbocycles. The van der Waals surface area contributed by atoms with Crippen molar-refractivity contribution in [3.05, 3.63) is 17.5 Å². The molecule has 2 heterocycles. The lowest BCUT2D eigenvalue weighted by Gasteiger charge is -2.22. The molecule has 6 heteroatoms. The standard InChI is InChI=1S/C16H26N4O2/c1-16(2,3)20-13(10-4-5-10)6-12(19-20)15(22)18-8-11-7-17-9-14(11)21/h6,10-11,14,17,21H,4-5,7-9H2,1-3H3,(H,18,22). The molecule has 1 aromatic rings. The van der Waals surface area contributed by atoms with Gasteiger partial charge in [0.05, 0.1) is 11.6 Å². The lowest BCUT2D eigenvalue weighted by atomic mass is 10.1. The van der Waals surface area contributed by atoms with Crippen LogP contribution in [0.1, 0.15) is 55.7 Å². The summed E-state index contributed by atoms with van der Waals surface area (Å²) in [5, 5.41) is 20.3. The number of nitrogens with zero attached hydrogens (tertiary/aromatic N) is 2. The van der Waals surface area contributed by atoms with Crippen LogP contribution in [0.2, 0.25) is 0 Å². The average Bonchev–Trinajstić information content (AvgIpc) is 3.04. The average molecular weight is 306 g/mol. The summed E-state index contributed by atoms with van der Waals surface area (Å²) in [4.78, 5) is 12.4. The molecule has 6 nitrogen and oxygen atoms in total. The van der Waals surface area contributed by atoms with Crippen LogP contribution in [0.3, 0.4) is 0 Å². The van der Waals surface area contributed by atoms with E-state index in [1.165, 1.54) is 18.5 Å². The van der Waals surface area contributed by atoms with Gasteiger partial charge in [0.2, 0.25) is 0 Å². The monoisotopic (exact) mass is 306 g/mol. The lowest BCUT2D eigenvalue weighted by Crippen LogP contribution is -2.34. The topological polar surface area (TPSA) is 79.2 Å². The highest BCUT2D eigenvalue weighted by Gasteiger charge is 2.33. The molecule has 1 amide bonds. The lowest BCUT2D eigenvalue weighted by molar-refractivity contribution is 0.0920. The van der Waals surface area contributed by atoms with Gasteiger partial charge in [-0.25, -0.2) is 0 Å². The van der Waals surface area contributed by atoms with E-state index in [-0.39, 0.29) is 23.5 Å². The van der Waals surface area contributed by atoms with Crippen LogP contribution in [0.5, 0.6) is 0 Å². The summed E-state index contributed by atoms with van der Waals surface area (Å²) in [6.45, 7) is 8.14. The number of carbonyl (C=O) groups is 1. The molecule has 1 saturated heterocycles. The molecule has 0 radical (unpaired) electrons. The van der Waals surface area contributed by atoms with Crippen molar-refractivity contribution in [2.75, 3.05) is 19.6 Å². The van der Waals surface area contributed by atoms with Gasteiger partial charge in [0.1, 0.15) is 5.69 Å². The van der Waals surface area contributed by atoms with E-state index in [2.05, 4.69) is 36.5 Å². The van der Waals surface area contributed by atoms with Crippen molar-refractivity contribution >= 4 is 5.91 Å². The third-order valence-corrected chi connectivity index (χ3v) is 4.43. The number of nitrogens with one attached hydrogen (secondary N) is 2. The Morgan fingerprint density at radius 1 is 1.45 bits per heavy atom. The van der Waals surface area contributed by atoms with Crippen LogP contribution >= 0.6 is 0 Å². The first-order valence-corrected chi connectivity index (χ1v) is 8.13. The van der Waals surface area contributed by atoms with Gasteiger partial charge in [-0.05, 0) is 39.7 Å². The van der Waals surface area contributed by atoms with E-state index in [1.54, 1.807) is 0 Å². The molecule has 3 N–H and O–H groups in total. The molecule has 0 bridgehead atoms. The number of rotatable bonds is 4.